The predicted octanol–water partition coefficient (Wildman–Crippen LogP) is 2.48. The third-order valence-electron chi connectivity index (χ3n) is 3.26. The van der Waals surface area contributed by atoms with E-state index in [4.69, 9.17) is 4.74 Å². The molecule has 1 aromatic heterocycles. The zero-order valence-electron chi connectivity index (χ0n) is 11.7. The first-order chi connectivity index (χ1) is 10.7. The lowest BCUT2D eigenvalue weighted by atomic mass is 10.2. The maximum atomic E-state index is 13.2. The van der Waals surface area contributed by atoms with Gasteiger partial charge in [-0.15, -0.1) is 5.10 Å². The molecule has 0 radical (unpaired) electrons. The Balaban J connectivity index is 1.63. The highest BCUT2D eigenvalue weighted by molar-refractivity contribution is 5.56. The van der Waals surface area contributed by atoms with E-state index in [1.165, 1.54) is 12.3 Å². The summed E-state index contributed by atoms with van der Waals surface area (Å²) in [7, 11) is 0. The highest BCUT2D eigenvalue weighted by atomic mass is 19.2. The van der Waals surface area contributed by atoms with Crippen LogP contribution in [0.3, 0.4) is 0 Å². The molecule has 0 bridgehead atoms. The van der Waals surface area contributed by atoms with E-state index in [2.05, 4.69) is 25.8 Å². The summed E-state index contributed by atoms with van der Waals surface area (Å²) in [6.45, 7) is 1.39. The molecule has 1 aliphatic rings. The van der Waals surface area contributed by atoms with Crippen LogP contribution in [0.1, 0.15) is 12.8 Å². The van der Waals surface area contributed by atoms with Crippen LogP contribution in [0.5, 0.6) is 0 Å². The maximum Gasteiger partial charge on any atom is 0.244 e. The normalized spacial score (nSPS) is 17.5. The Morgan fingerprint density at radius 2 is 2.18 bits per heavy atom. The molecule has 0 amide bonds. The van der Waals surface area contributed by atoms with Crippen LogP contribution < -0.4 is 10.6 Å². The van der Waals surface area contributed by atoms with Crippen LogP contribution in [0.25, 0.3) is 0 Å². The number of nitrogens with one attached hydrogen (secondary N) is 2. The van der Waals surface area contributed by atoms with E-state index in [-0.39, 0.29) is 6.10 Å². The molecule has 1 fully saturated rings. The average Bonchev–Trinajstić information content (AvgIpc) is 3.03. The van der Waals surface area contributed by atoms with Gasteiger partial charge < -0.3 is 15.4 Å². The van der Waals surface area contributed by atoms with Gasteiger partial charge in [0.25, 0.3) is 0 Å². The summed E-state index contributed by atoms with van der Waals surface area (Å²) in [6, 6.07) is 3.51. The molecule has 1 saturated heterocycles. The lowest BCUT2D eigenvalue weighted by molar-refractivity contribution is 0.120. The van der Waals surface area contributed by atoms with Gasteiger partial charge in [0.15, 0.2) is 17.5 Å². The maximum absolute atomic E-state index is 13.2. The fraction of sp³-hybridized carbons (Fsp3) is 0.357. The van der Waals surface area contributed by atoms with Crippen LogP contribution >= 0.6 is 0 Å². The number of hydrogen-bond donors (Lipinski definition) is 2. The number of anilines is 3. The van der Waals surface area contributed by atoms with Gasteiger partial charge in [0.05, 0.1) is 12.3 Å². The van der Waals surface area contributed by atoms with Gasteiger partial charge >= 0.3 is 0 Å². The highest BCUT2D eigenvalue weighted by Gasteiger charge is 2.15. The molecule has 1 atom stereocenters. The molecule has 0 spiro atoms. The van der Waals surface area contributed by atoms with E-state index in [1.807, 2.05) is 0 Å². The minimum absolute atomic E-state index is 0.159. The second kappa shape index (κ2) is 6.61. The third-order valence-corrected chi connectivity index (χ3v) is 3.26. The Kier molecular flexibility index (Phi) is 4.38. The molecule has 116 valence electrons. The standard InChI is InChI=1S/C14H15F2N5O/c15-11-4-3-9(6-12(11)16)19-13-8-18-21-14(20-13)17-7-10-2-1-5-22-10/h3-4,6,8,10H,1-2,5,7H2,(H2,17,19,20,21). The van der Waals surface area contributed by atoms with Crippen molar-refractivity contribution >= 4 is 17.5 Å². The van der Waals surface area contributed by atoms with Gasteiger partial charge in [0.1, 0.15) is 0 Å². The van der Waals surface area contributed by atoms with Crippen LogP contribution in [-0.4, -0.2) is 34.4 Å². The second-order valence-electron chi connectivity index (χ2n) is 4.94. The summed E-state index contributed by atoms with van der Waals surface area (Å²) in [5.74, 6) is -1.09. The van der Waals surface area contributed by atoms with E-state index in [1.54, 1.807) is 0 Å². The topological polar surface area (TPSA) is 72.0 Å². The monoisotopic (exact) mass is 307 g/mol. The van der Waals surface area contributed by atoms with Crippen molar-refractivity contribution in [2.24, 2.45) is 0 Å². The minimum atomic E-state index is -0.927. The van der Waals surface area contributed by atoms with Gasteiger partial charge in [-0.25, -0.2) is 8.78 Å². The SMILES string of the molecule is Fc1ccc(Nc2cnnc(NCC3CCCO3)n2)cc1F. The first kappa shape index (κ1) is 14.6. The van der Waals surface area contributed by atoms with Crippen LogP contribution in [-0.2, 0) is 4.74 Å². The Morgan fingerprint density at radius 3 is 2.95 bits per heavy atom. The van der Waals surface area contributed by atoms with Gasteiger partial charge in [-0.3, -0.25) is 0 Å². The van der Waals surface area contributed by atoms with Gasteiger partial charge in [-0.1, -0.05) is 0 Å². The van der Waals surface area contributed by atoms with Crippen LogP contribution in [0.2, 0.25) is 0 Å². The molecule has 1 aromatic carbocycles. The van der Waals surface area contributed by atoms with Gasteiger partial charge in [-0.2, -0.15) is 10.1 Å². The molecule has 0 aliphatic carbocycles. The van der Waals surface area contributed by atoms with Crippen molar-refractivity contribution in [1.82, 2.24) is 15.2 Å². The molecule has 1 aliphatic heterocycles. The minimum Gasteiger partial charge on any atom is -0.376 e. The molecule has 8 heteroatoms. The van der Waals surface area contributed by atoms with Crippen molar-refractivity contribution < 1.29 is 13.5 Å². The number of hydrogen-bond acceptors (Lipinski definition) is 6. The fourth-order valence-corrected chi connectivity index (χ4v) is 2.17. The molecule has 2 N–H and O–H groups in total. The predicted molar refractivity (Wildman–Crippen MR) is 76.9 cm³/mol. The largest absolute Gasteiger partial charge is 0.376 e. The molecule has 2 aromatic rings. The van der Waals surface area contributed by atoms with Crippen LogP contribution in [0.15, 0.2) is 24.4 Å². The number of benzene rings is 1. The second-order valence-corrected chi connectivity index (χ2v) is 4.94. The highest BCUT2D eigenvalue weighted by Crippen LogP contribution is 2.18. The van der Waals surface area contributed by atoms with E-state index < -0.39 is 11.6 Å². The van der Waals surface area contributed by atoms with E-state index in [9.17, 15) is 8.78 Å². The molecular formula is C14H15F2N5O. The Labute approximate surface area is 125 Å². The Hall–Kier alpha value is -2.35. The number of ether oxygens (including phenoxy) is 1. The molecule has 2 heterocycles. The number of halogens is 2. The summed E-state index contributed by atoms with van der Waals surface area (Å²) < 4.78 is 31.5. The summed E-state index contributed by atoms with van der Waals surface area (Å²) >= 11 is 0. The molecule has 6 nitrogen and oxygen atoms in total. The zero-order valence-corrected chi connectivity index (χ0v) is 11.7. The van der Waals surface area contributed by atoms with Crippen LogP contribution in [0.4, 0.5) is 26.2 Å². The van der Waals surface area contributed by atoms with Crippen LogP contribution in [0, 0.1) is 11.6 Å². The van der Waals surface area contributed by atoms with Gasteiger partial charge in [-0.05, 0) is 25.0 Å². The first-order valence-electron chi connectivity index (χ1n) is 6.98. The van der Waals surface area contributed by atoms with E-state index in [0.29, 0.717) is 24.0 Å². The van der Waals surface area contributed by atoms with Crippen molar-refractivity contribution in [1.29, 1.82) is 0 Å². The number of rotatable bonds is 5. The molecule has 1 unspecified atom stereocenters. The van der Waals surface area contributed by atoms with E-state index >= 15 is 0 Å². The Bertz CT molecular complexity index is 649. The lowest BCUT2D eigenvalue weighted by Crippen LogP contribution is -2.20. The van der Waals surface area contributed by atoms with Crippen molar-refractivity contribution in [3.05, 3.63) is 36.0 Å². The Morgan fingerprint density at radius 1 is 1.27 bits per heavy atom. The number of nitrogens with zero attached hydrogens (tertiary/aromatic N) is 3. The molecule has 3 rings (SSSR count). The van der Waals surface area contributed by atoms with Crippen molar-refractivity contribution in [2.45, 2.75) is 18.9 Å². The molecule has 0 saturated carbocycles. The van der Waals surface area contributed by atoms with Gasteiger partial charge in [0, 0.05) is 24.9 Å². The quantitative estimate of drug-likeness (QED) is 0.884. The van der Waals surface area contributed by atoms with Crippen molar-refractivity contribution in [2.75, 3.05) is 23.8 Å². The first-order valence-corrected chi connectivity index (χ1v) is 6.98. The molecular weight excluding hydrogens is 292 g/mol. The lowest BCUT2D eigenvalue weighted by Gasteiger charge is -2.11. The smallest absolute Gasteiger partial charge is 0.244 e. The van der Waals surface area contributed by atoms with E-state index in [0.717, 1.165) is 31.6 Å². The average molecular weight is 307 g/mol. The third kappa shape index (κ3) is 3.64. The zero-order chi connectivity index (χ0) is 15.4. The number of aromatic nitrogens is 3. The summed E-state index contributed by atoms with van der Waals surface area (Å²) in [5, 5.41) is 13.6. The summed E-state index contributed by atoms with van der Waals surface area (Å²) in [6.07, 6.45) is 3.63. The van der Waals surface area contributed by atoms with Crippen molar-refractivity contribution in [3.8, 4) is 0 Å². The molecule has 22 heavy (non-hydrogen) atoms. The fourth-order valence-electron chi connectivity index (χ4n) is 2.17. The van der Waals surface area contributed by atoms with Gasteiger partial charge in [0.2, 0.25) is 5.95 Å². The van der Waals surface area contributed by atoms with Crippen molar-refractivity contribution in [3.63, 3.8) is 0 Å². The summed E-state index contributed by atoms with van der Waals surface area (Å²) in [5.41, 5.74) is 0.379. The summed E-state index contributed by atoms with van der Waals surface area (Å²) in [4.78, 5) is 4.21.